The molecule has 0 unspecified atom stereocenters. The van der Waals surface area contributed by atoms with Gasteiger partial charge in [0, 0.05) is 23.8 Å². The zero-order valence-corrected chi connectivity index (χ0v) is 14.8. The van der Waals surface area contributed by atoms with Gasteiger partial charge in [0.2, 0.25) is 0 Å². The predicted octanol–water partition coefficient (Wildman–Crippen LogP) is 4.45. The number of hydrogen-bond donors (Lipinski definition) is 1. The highest BCUT2D eigenvalue weighted by Gasteiger charge is 2.09. The molecule has 25 heavy (non-hydrogen) atoms. The summed E-state index contributed by atoms with van der Waals surface area (Å²) in [6, 6.07) is 14.1. The molecule has 2 aromatic carbocycles. The van der Waals surface area contributed by atoms with Crippen LogP contribution in [-0.2, 0) is 0 Å². The first-order valence-electron chi connectivity index (χ1n) is 7.82. The summed E-state index contributed by atoms with van der Waals surface area (Å²) in [4.78, 5) is 13.8. The number of rotatable bonds is 8. The first kappa shape index (κ1) is 18.7. The molecule has 0 aromatic heterocycles. The lowest BCUT2D eigenvalue weighted by Crippen LogP contribution is -2.34. The fourth-order valence-electron chi connectivity index (χ4n) is 1.97. The van der Waals surface area contributed by atoms with Crippen LogP contribution >= 0.6 is 11.6 Å². The van der Waals surface area contributed by atoms with Crippen LogP contribution in [0.5, 0.6) is 11.5 Å². The van der Waals surface area contributed by atoms with E-state index >= 15 is 0 Å². The van der Waals surface area contributed by atoms with Crippen molar-refractivity contribution in [3.05, 3.63) is 66.2 Å². The normalized spacial score (nSPS) is 10.0. The number of anilines is 1. The smallest absolute Gasteiger partial charge is 0.321 e. The Labute approximate surface area is 152 Å². The summed E-state index contributed by atoms with van der Waals surface area (Å²) in [7, 11) is 1.71. The number of amides is 2. The Morgan fingerprint density at radius 2 is 1.96 bits per heavy atom. The van der Waals surface area contributed by atoms with Crippen molar-refractivity contribution in [1.82, 2.24) is 4.90 Å². The van der Waals surface area contributed by atoms with Crippen molar-refractivity contribution in [3.63, 3.8) is 0 Å². The van der Waals surface area contributed by atoms with Gasteiger partial charge in [-0.25, -0.2) is 4.79 Å². The van der Waals surface area contributed by atoms with Crippen LogP contribution in [0.25, 0.3) is 0 Å². The SMILES string of the molecule is C=CCOc1cccc(NC(=O)N(C)CCOc2ccc(Cl)cc2)c1. The quantitative estimate of drug-likeness (QED) is 0.708. The van der Waals surface area contributed by atoms with Gasteiger partial charge in [-0.1, -0.05) is 30.3 Å². The van der Waals surface area contributed by atoms with Crippen molar-refractivity contribution in [2.75, 3.05) is 32.1 Å². The van der Waals surface area contributed by atoms with Crippen molar-refractivity contribution in [2.45, 2.75) is 0 Å². The minimum Gasteiger partial charge on any atom is -0.492 e. The minimum atomic E-state index is -0.222. The van der Waals surface area contributed by atoms with Crippen LogP contribution in [0.4, 0.5) is 10.5 Å². The molecule has 0 atom stereocenters. The molecular formula is C19H21ClN2O3. The van der Waals surface area contributed by atoms with Crippen LogP contribution in [0, 0.1) is 0 Å². The molecule has 2 aromatic rings. The third-order valence-electron chi connectivity index (χ3n) is 3.31. The van der Waals surface area contributed by atoms with Gasteiger partial charge in [0.05, 0.1) is 6.54 Å². The van der Waals surface area contributed by atoms with E-state index in [-0.39, 0.29) is 6.03 Å². The number of nitrogens with one attached hydrogen (secondary N) is 1. The molecule has 132 valence electrons. The second kappa shape index (κ2) is 9.59. The molecule has 0 spiro atoms. The first-order chi connectivity index (χ1) is 12.1. The van der Waals surface area contributed by atoms with Crippen LogP contribution in [-0.4, -0.2) is 37.7 Å². The van der Waals surface area contributed by atoms with Gasteiger partial charge in [0.1, 0.15) is 24.7 Å². The summed E-state index contributed by atoms with van der Waals surface area (Å²) in [6.07, 6.45) is 1.67. The zero-order chi connectivity index (χ0) is 18.1. The molecule has 0 saturated carbocycles. The number of benzene rings is 2. The lowest BCUT2D eigenvalue weighted by atomic mass is 10.3. The average molecular weight is 361 g/mol. The van der Waals surface area contributed by atoms with E-state index in [2.05, 4.69) is 11.9 Å². The van der Waals surface area contributed by atoms with Crippen molar-refractivity contribution in [3.8, 4) is 11.5 Å². The van der Waals surface area contributed by atoms with Gasteiger partial charge in [-0.15, -0.1) is 0 Å². The highest BCUT2D eigenvalue weighted by atomic mass is 35.5. The third-order valence-corrected chi connectivity index (χ3v) is 3.56. The highest BCUT2D eigenvalue weighted by molar-refractivity contribution is 6.30. The maximum absolute atomic E-state index is 12.2. The lowest BCUT2D eigenvalue weighted by molar-refractivity contribution is 0.207. The minimum absolute atomic E-state index is 0.222. The number of likely N-dealkylation sites (N-methyl/N-ethyl adjacent to an activating group) is 1. The van der Waals surface area contributed by atoms with Gasteiger partial charge in [-0.2, -0.15) is 0 Å². The monoisotopic (exact) mass is 360 g/mol. The van der Waals surface area contributed by atoms with Crippen LogP contribution in [0.3, 0.4) is 0 Å². The third kappa shape index (κ3) is 6.39. The Balaban J connectivity index is 1.79. The molecule has 0 heterocycles. The summed E-state index contributed by atoms with van der Waals surface area (Å²) in [5.74, 6) is 1.39. The summed E-state index contributed by atoms with van der Waals surface area (Å²) in [6.45, 7) is 4.85. The van der Waals surface area contributed by atoms with E-state index in [1.165, 1.54) is 0 Å². The van der Waals surface area contributed by atoms with Gasteiger partial charge in [-0.3, -0.25) is 0 Å². The molecule has 2 amide bonds. The molecule has 5 nitrogen and oxygen atoms in total. The number of carbonyl (C=O) groups excluding carboxylic acids is 1. The van der Waals surface area contributed by atoms with E-state index in [9.17, 15) is 4.79 Å². The van der Waals surface area contributed by atoms with E-state index in [1.807, 2.05) is 12.1 Å². The van der Waals surface area contributed by atoms with Crippen molar-refractivity contribution in [1.29, 1.82) is 0 Å². The van der Waals surface area contributed by atoms with Crippen LogP contribution in [0.15, 0.2) is 61.2 Å². The van der Waals surface area contributed by atoms with Gasteiger partial charge in [0.25, 0.3) is 0 Å². The lowest BCUT2D eigenvalue weighted by Gasteiger charge is -2.18. The largest absolute Gasteiger partial charge is 0.492 e. The highest BCUT2D eigenvalue weighted by Crippen LogP contribution is 2.18. The molecule has 6 heteroatoms. The van der Waals surface area contributed by atoms with E-state index in [0.717, 1.165) is 0 Å². The number of nitrogens with zero attached hydrogens (tertiary/aromatic N) is 1. The van der Waals surface area contributed by atoms with Crippen LogP contribution in [0.2, 0.25) is 5.02 Å². The topological polar surface area (TPSA) is 50.8 Å². The van der Waals surface area contributed by atoms with E-state index in [0.29, 0.717) is 42.0 Å². The number of ether oxygens (including phenoxy) is 2. The molecule has 0 bridgehead atoms. The molecule has 0 radical (unpaired) electrons. The van der Waals surface area contributed by atoms with Crippen LogP contribution in [0.1, 0.15) is 0 Å². The van der Waals surface area contributed by atoms with Crippen molar-refractivity contribution < 1.29 is 14.3 Å². The van der Waals surface area contributed by atoms with E-state index in [1.54, 1.807) is 54.4 Å². The van der Waals surface area contributed by atoms with Gasteiger partial charge >= 0.3 is 6.03 Å². The molecule has 0 aliphatic rings. The Morgan fingerprint density at radius 1 is 1.20 bits per heavy atom. The number of halogens is 1. The maximum Gasteiger partial charge on any atom is 0.321 e. The number of hydrogen-bond acceptors (Lipinski definition) is 3. The summed E-state index contributed by atoms with van der Waals surface area (Å²) >= 11 is 5.82. The Morgan fingerprint density at radius 3 is 2.68 bits per heavy atom. The molecule has 0 saturated heterocycles. The molecular weight excluding hydrogens is 340 g/mol. The summed E-state index contributed by atoms with van der Waals surface area (Å²) < 4.78 is 11.0. The van der Waals surface area contributed by atoms with E-state index in [4.69, 9.17) is 21.1 Å². The van der Waals surface area contributed by atoms with Crippen LogP contribution < -0.4 is 14.8 Å². The van der Waals surface area contributed by atoms with Gasteiger partial charge in [-0.05, 0) is 36.4 Å². The average Bonchev–Trinajstić information content (AvgIpc) is 2.62. The fraction of sp³-hybridized carbons (Fsp3) is 0.211. The Bertz CT molecular complexity index is 704. The number of urea groups is 1. The zero-order valence-electron chi connectivity index (χ0n) is 14.1. The Hall–Kier alpha value is -2.66. The second-order valence-electron chi connectivity index (χ2n) is 5.28. The van der Waals surface area contributed by atoms with Gasteiger partial charge < -0.3 is 19.7 Å². The van der Waals surface area contributed by atoms with Crippen molar-refractivity contribution in [2.24, 2.45) is 0 Å². The number of carbonyl (C=O) groups is 1. The summed E-state index contributed by atoms with van der Waals surface area (Å²) in [5.41, 5.74) is 0.664. The van der Waals surface area contributed by atoms with E-state index < -0.39 is 0 Å². The summed E-state index contributed by atoms with van der Waals surface area (Å²) in [5, 5.41) is 3.48. The first-order valence-corrected chi connectivity index (χ1v) is 8.20. The molecule has 0 fully saturated rings. The standard InChI is InChI=1S/C19H21ClN2O3/c1-3-12-24-18-6-4-5-16(14-18)21-19(23)22(2)11-13-25-17-9-7-15(20)8-10-17/h3-10,14H,1,11-13H2,2H3,(H,21,23). The predicted molar refractivity (Wildman–Crippen MR) is 101 cm³/mol. The maximum atomic E-state index is 12.2. The molecule has 0 aliphatic heterocycles. The molecule has 1 N–H and O–H groups in total. The van der Waals surface area contributed by atoms with Gasteiger partial charge in [0.15, 0.2) is 0 Å². The Kier molecular flexibility index (Phi) is 7.16. The second-order valence-corrected chi connectivity index (χ2v) is 5.72. The molecule has 2 rings (SSSR count). The fourth-order valence-corrected chi connectivity index (χ4v) is 2.10. The van der Waals surface area contributed by atoms with Crippen molar-refractivity contribution >= 4 is 23.3 Å². The molecule has 0 aliphatic carbocycles.